The smallest absolute Gasteiger partial charge is 0.213 e. The van der Waals surface area contributed by atoms with Crippen LogP contribution in [0.25, 0.3) is 11.3 Å². The normalized spacial score (nSPS) is 12.0. The summed E-state index contributed by atoms with van der Waals surface area (Å²) < 4.78 is 30.5. The Balaban J connectivity index is 1.77. The molecule has 0 atom stereocenters. The number of sulfonamides is 1. The molecule has 0 radical (unpaired) electrons. The number of furan rings is 1. The Morgan fingerprint density at radius 2 is 1.96 bits per heavy atom. The number of benzene rings is 1. The Morgan fingerprint density at radius 3 is 2.67 bits per heavy atom. The molecule has 132 valence electrons. The van der Waals surface area contributed by atoms with Crippen LogP contribution in [0.5, 0.6) is 0 Å². The van der Waals surface area contributed by atoms with Crippen molar-refractivity contribution in [2.24, 2.45) is 0 Å². The first-order chi connectivity index (χ1) is 11.4. The van der Waals surface area contributed by atoms with E-state index in [0.717, 1.165) is 23.5 Å². The third kappa shape index (κ3) is 5.08. The summed E-state index contributed by atoms with van der Waals surface area (Å²) in [7, 11) is -1.48. The van der Waals surface area contributed by atoms with Gasteiger partial charge in [0.2, 0.25) is 10.0 Å². The molecule has 7 heteroatoms. The fourth-order valence-electron chi connectivity index (χ4n) is 2.28. The average Bonchev–Trinajstić information content (AvgIpc) is 3.03. The van der Waals surface area contributed by atoms with Crippen molar-refractivity contribution < 1.29 is 12.8 Å². The SMILES string of the molecule is CCS(=O)(=O)N(C)CCCNCc1ccc(-c2ccccc2Cl)o1. The maximum absolute atomic E-state index is 11.6. The molecule has 0 aliphatic rings. The zero-order valence-electron chi connectivity index (χ0n) is 14.0. The molecule has 1 aromatic heterocycles. The predicted octanol–water partition coefficient (Wildman–Crippen LogP) is 3.36. The van der Waals surface area contributed by atoms with Crippen molar-refractivity contribution in [2.75, 3.05) is 25.9 Å². The minimum absolute atomic E-state index is 0.133. The molecule has 0 aliphatic heterocycles. The molecule has 0 aliphatic carbocycles. The highest BCUT2D eigenvalue weighted by Gasteiger charge is 2.14. The molecule has 0 spiro atoms. The van der Waals surface area contributed by atoms with E-state index in [1.807, 2.05) is 36.4 Å². The maximum atomic E-state index is 11.6. The molecule has 2 rings (SSSR count). The van der Waals surface area contributed by atoms with E-state index < -0.39 is 10.0 Å². The molecule has 1 aromatic carbocycles. The molecule has 24 heavy (non-hydrogen) atoms. The van der Waals surface area contributed by atoms with E-state index >= 15 is 0 Å². The van der Waals surface area contributed by atoms with Crippen LogP contribution in [0.4, 0.5) is 0 Å². The van der Waals surface area contributed by atoms with Gasteiger partial charge in [0.1, 0.15) is 11.5 Å². The van der Waals surface area contributed by atoms with Gasteiger partial charge < -0.3 is 9.73 Å². The van der Waals surface area contributed by atoms with Crippen molar-refractivity contribution in [3.8, 4) is 11.3 Å². The molecule has 0 fully saturated rings. The second kappa shape index (κ2) is 8.67. The van der Waals surface area contributed by atoms with Crippen molar-refractivity contribution in [3.63, 3.8) is 0 Å². The first-order valence-corrected chi connectivity index (χ1v) is 9.91. The first-order valence-electron chi connectivity index (χ1n) is 7.92. The third-order valence-corrected chi connectivity index (χ3v) is 5.96. The lowest BCUT2D eigenvalue weighted by Crippen LogP contribution is -2.31. The minimum atomic E-state index is -3.09. The van der Waals surface area contributed by atoms with E-state index in [2.05, 4.69) is 5.32 Å². The second-order valence-electron chi connectivity index (χ2n) is 5.50. The van der Waals surface area contributed by atoms with Crippen molar-refractivity contribution in [1.82, 2.24) is 9.62 Å². The average molecular weight is 371 g/mol. The topological polar surface area (TPSA) is 62.6 Å². The number of halogens is 1. The third-order valence-electron chi connectivity index (χ3n) is 3.77. The van der Waals surface area contributed by atoms with Gasteiger partial charge in [-0.2, -0.15) is 0 Å². The van der Waals surface area contributed by atoms with E-state index in [9.17, 15) is 8.42 Å². The van der Waals surface area contributed by atoms with Crippen LogP contribution in [0.3, 0.4) is 0 Å². The highest BCUT2D eigenvalue weighted by Crippen LogP contribution is 2.28. The fraction of sp³-hybridized carbons (Fsp3) is 0.412. The van der Waals surface area contributed by atoms with Gasteiger partial charge in [-0.1, -0.05) is 23.7 Å². The highest BCUT2D eigenvalue weighted by atomic mass is 35.5. The summed E-state index contributed by atoms with van der Waals surface area (Å²) in [5.41, 5.74) is 0.872. The van der Waals surface area contributed by atoms with Crippen molar-refractivity contribution in [2.45, 2.75) is 19.9 Å². The van der Waals surface area contributed by atoms with E-state index in [1.54, 1.807) is 14.0 Å². The monoisotopic (exact) mass is 370 g/mol. The molecular weight excluding hydrogens is 348 g/mol. The van der Waals surface area contributed by atoms with Crippen LogP contribution in [-0.4, -0.2) is 38.6 Å². The summed E-state index contributed by atoms with van der Waals surface area (Å²) >= 11 is 6.16. The lowest BCUT2D eigenvalue weighted by atomic mass is 10.2. The predicted molar refractivity (Wildman–Crippen MR) is 97.6 cm³/mol. The molecular formula is C17H23ClN2O3S. The van der Waals surface area contributed by atoms with Gasteiger partial charge >= 0.3 is 0 Å². The second-order valence-corrected chi connectivity index (χ2v) is 8.27. The van der Waals surface area contributed by atoms with Gasteiger partial charge in [0.25, 0.3) is 0 Å². The molecule has 5 nitrogen and oxygen atoms in total. The highest BCUT2D eigenvalue weighted by molar-refractivity contribution is 7.89. The van der Waals surface area contributed by atoms with Gasteiger partial charge in [0, 0.05) is 19.2 Å². The summed E-state index contributed by atoms with van der Waals surface area (Å²) in [5, 5.41) is 3.92. The molecule has 0 unspecified atom stereocenters. The quantitative estimate of drug-likeness (QED) is 0.687. The van der Waals surface area contributed by atoms with Crippen molar-refractivity contribution >= 4 is 21.6 Å². The summed E-state index contributed by atoms with van der Waals surface area (Å²) in [6.07, 6.45) is 0.744. The Hall–Kier alpha value is -1.34. The summed E-state index contributed by atoms with van der Waals surface area (Å²) in [4.78, 5) is 0. The molecule has 0 saturated carbocycles. The zero-order chi connectivity index (χ0) is 17.6. The molecule has 0 amide bonds. The van der Waals surface area contributed by atoms with Crippen molar-refractivity contribution in [1.29, 1.82) is 0 Å². The van der Waals surface area contributed by atoms with Crippen LogP contribution >= 0.6 is 11.6 Å². The van der Waals surface area contributed by atoms with Gasteiger partial charge in [-0.05, 0) is 44.2 Å². The maximum Gasteiger partial charge on any atom is 0.213 e. The number of rotatable bonds is 9. The Morgan fingerprint density at radius 1 is 1.21 bits per heavy atom. The summed E-state index contributed by atoms with van der Waals surface area (Å²) in [6, 6.07) is 11.4. The summed E-state index contributed by atoms with van der Waals surface area (Å²) in [6.45, 7) is 3.46. The fourth-order valence-corrected chi connectivity index (χ4v) is 3.35. The Kier molecular flexibility index (Phi) is 6.86. The number of nitrogens with zero attached hydrogens (tertiary/aromatic N) is 1. The van der Waals surface area contributed by atoms with E-state index in [1.165, 1.54) is 4.31 Å². The van der Waals surface area contributed by atoms with Crippen molar-refractivity contribution in [3.05, 3.63) is 47.2 Å². The van der Waals surface area contributed by atoms with Gasteiger partial charge in [-0.25, -0.2) is 12.7 Å². The van der Waals surface area contributed by atoms with Crippen LogP contribution in [0.1, 0.15) is 19.1 Å². The Bertz CT molecular complexity index is 759. The summed E-state index contributed by atoms with van der Waals surface area (Å²) in [5.74, 6) is 1.69. The van der Waals surface area contributed by atoms with Gasteiger partial charge in [0.05, 0.1) is 17.3 Å². The van der Waals surface area contributed by atoms with E-state index in [0.29, 0.717) is 24.7 Å². The molecule has 1 heterocycles. The Labute approximate surface area is 148 Å². The largest absolute Gasteiger partial charge is 0.460 e. The molecule has 1 N–H and O–H groups in total. The van der Waals surface area contributed by atoms with Crippen LogP contribution in [0.15, 0.2) is 40.8 Å². The number of hydrogen-bond acceptors (Lipinski definition) is 4. The van der Waals surface area contributed by atoms with Gasteiger partial charge in [0.15, 0.2) is 0 Å². The van der Waals surface area contributed by atoms with E-state index in [-0.39, 0.29) is 5.75 Å². The zero-order valence-corrected chi connectivity index (χ0v) is 15.5. The van der Waals surface area contributed by atoms with Gasteiger partial charge in [-0.15, -0.1) is 0 Å². The lowest BCUT2D eigenvalue weighted by molar-refractivity contribution is 0.445. The molecule has 0 bridgehead atoms. The molecule has 0 saturated heterocycles. The van der Waals surface area contributed by atoms with Crippen LogP contribution in [-0.2, 0) is 16.6 Å². The van der Waals surface area contributed by atoms with E-state index in [4.69, 9.17) is 16.0 Å². The minimum Gasteiger partial charge on any atom is -0.460 e. The van der Waals surface area contributed by atoms with Crippen LogP contribution in [0, 0.1) is 0 Å². The first kappa shape index (κ1) is 19.0. The number of hydrogen-bond donors (Lipinski definition) is 1. The van der Waals surface area contributed by atoms with Gasteiger partial charge in [-0.3, -0.25) is 0 Å². The van der Waals surface area contributed by atoms with Crippen LogP contribution < -0.4 is 5.32 Å². The standard InChI is InChI=1S/C17H23ClN2O3S/c1-3-24(21,22)20(2)12-6-11-19-13-14-9-10-17(23-14)15-7-4-5-8-16(15)18/h4-5,7-10,19H,3,6,11-13H2,1-2H3. The lowest BCUT2D eigenvalue weighted by Gasteiger charge is -2.15. The number of nitrogens with one attached hydrogen (secondary N) is 1. The van der Waals surface area contributed by atoms with Crippen LogP contribution in [0.2, 0.25) is 5.02 Å². The molecule has 2 aromatic rings.